The van der Waals surface area contributed by atoms with E-state index in [1.165, 1.54) is 30.3 Å². The number of pyridine rings is 1. The summed E-state index contributed by atoms with van der Waals surface area (Å²) >= 11 is 5.92. The smallest absolute Gasteiger partial charge is 0.257 e. The number of halogens is 2. The van der Waals surface area contributed by atoms with E-state index >= 15 is 0 Å². The molecule has 1 aromatic carbocycles. The maximum atomic E-state index is 14.7. The van der Waals surface area contributed by atoms with Crippen molar-refractivity contribution in [1.82, 2.24) is 15.2 Å². The molecule has 0 saturated carbocycles. The largest absolute Gasteiger partial charge is 0.494 e. The minimum atomic E-state index is -1.46. The Bertz CT molecular complexity index is 1290. The number of aromatic nitrogens is 1. The molecule has 2 aliphatic rings. The maximum absolute atomic E-state index is 14.7. The minimum Gasteiger partial charge on any atom is -0.494 e. The average Bonchev–Trinajstić information content (AvgIpc) is 3.37. The van der Waals surface area contributed by atoms with Crippen molar-refractivity contribution in [2.75, 3.05) is 13.7 Å². The summed E-state index contributed by atoms with van der Waals surface area (Å²) < 4.78 is 25.5. The highest BCUT2D eigenvalue weighted by atomic mass is 35.5. The van der Waals surface area contributed by atoms with Crippen LogP contribution in [0.5, 0.6) is 5.75 Å². The fourth-order valence-electron chi connectivity index (χ4n) is 4.20. The fraction of sp³-hybridized carbons (Fsp3) is 0.238. The predicted octanol–water partition coefficient (Wildman–Crippen LogP) is 2.57. The lowest BCUT2D eigenvalue weighted by Crippen LogP contribution is -2.46. The van der Waals surface area contributed by atoms with Crippen molar-refractivity contribution in [2.45, 2.75) is 18.4 Å². The molecule has 0 aliphatic carbocycles. The molecule has 0 radical (unpaired) electrons. The number of nitrogens with one attached hydrogen (secondary N) is 1. The summed E-state index contributed by atoms with van der Waals surface area (Å²) in [6.45, 7) is -0.0766. The predicted molar refractivity (Wildman–Crippen MR) is 106 cm³/mol. The molecule has 0 bridgehead atoms. The Kier molecular flexibility index (Phi) is 4.26. The summed E-state index contributed by atoms with van der Waals surface area (Å²) in [4.78, 5) is 43.4. The third-order valence-corrected chi connectivity index (χ3v) is 5.93. The molecule has 3 amide bonds. The number of fused-ring (bicyclic) bond motifs is 2. The first-order valence-corrected chi connectivity index (χ1v) is 9.75. The Hall–Kier alpha value is -3.46. The summed E-state index contributed by atoms with van der Waals surface area (Å²) in [5.74, 6) is -2.25. The van der Waals surface area contributed by atoms with Gasteiger partial charge < -0.3 is 14.1 Å². The number of ether oxygens (including phenoxy) is 1. The number of carbonyl (C=O) groups is 3. The molecular formula is C21H15ClFN3O5. The summed E-state index contributed by atoms with van der Waals surface area (Å²) in [7, 11) is 1.31. The third kappa shape index (κ3) is 2.88. The standard InChI is InChI=1S/C21H15ClFN3O5/c1-30-12-3-2-10-8-26(19(28)17(10)18(12)23)9-21(6-16(27)25-20(21)29)14-4-11-7-24-15(22)5-13(11)31-14/h2-5,7H,6,8-9H2,1H3,(H,25,27,29)/t21-/m1/s1. The van der Waals surface area contributed by atoms with Crippen molar-refractivity contribution in [1.29, 1.82) is 0 Å². The highest BCUT2D eigenvalue weighted by molar-refractivity contribution is 6.29. The van der Waals surface area contributed by atoms with E-state index in [-0.39, 0.29) is 41.7 Å². The molecular weight excluding hydrogens is 429 g/mol. The van der Waals surface area contributed by atoms with Crippen LogP contribution in [0.25, 0.3) is 11.0 Å². The van der Waals surface area contributed by atoms with Crippen molar-refractivity contribution < 1.29 is 27.9 Å². The monoisotopic (exact) mass is 443 g/mol. The topological polar surface area (TPSA) is 102 Å². The van der Waals surface area contributed by atoms with Gasteiger partial charge in [-0.25, -0.2) is 9.37 Å². The fourth-order valence-corrected chi connectivity index (χ4v) is 4.35. The maximum Gasteiger partial charge on any atom is 0.257 e. The number of hydrogen-bond donors (Lipinski definition) is 1. The van der Waals surface area contributed by atoms with Gasteiger partial charge in [-0.15, -0.1) is 0 Å². The van der Waals surface area contributed by atoms with Gasteiger partial charge in [0.1, 0.15) is 21.9 Å². The molecule has 1 N–H and O–H groups in total. The van der Waals surface area contributed by atoms with Gasteiger partial charge in [-0.05, 0) is 17.7 Å². The zero-order valence-electron chi connectivity index (χ0n) is 16.2. The molecule has 1 atom stereocenters. The summed E-state index contributed by atoms with van der Waals surface area (Å²) in [6, 6.07) is 6.16. The molecule has 8 nitrogen and oxygen atoms in total. The van der Waals surface area contributed by atoms with Gasteiger partial charge in [-0.2, -0.15) is 0 Å². The molecule has 2 aliphatic heterocycles. The van der Waals surface area contributed by atoms with Crippen molar-refractivity contribution in [3.05, 3.63) is 58.3 Å². The van der Waals surface area contributed by atoms with Gasteiger partial charge in [0.15, 0.2) is 11.6 Å². The second-order valence-electron chi connectivity index (χ2n) is 7.57. The van der Waals surface area contributed by atoms with Crippen LogP contribution in [-0.2, 0) is 21.5 Å². The van der Waals surface area contributed by atoms with E-state index in [1.54, 1.807) is 12.1 Å². The van der Waals surface area contributed by atoms with Crippen molar-refractivity contribution in [3.63, 3.8) is 0 Å². The first-order valence-electron chi connectivity index (χ1n) is 9.37. The molecule has 158 valence electrons. The van der Waals surface area contributed by atoms with Gasteiger partial charge >= 0.3 is 0 Å². The van der Waals surface area contributed by atoms with Crippen LogP contribution in [0.2, 0.25) is 5.15 Å². The van der Waals surface area contributed by atoms with Crippen molar-refractivity contribution >= 4 is 40.3 Å². The average molecular weight is 444 g/mol. The van der Waals surface area contributed by atoms with Crippen molar-refractivity contribution in [3.8, 4) is 5.75 Å². The second kappa shape index (κ2) is 6.78. The Morgan fingerprint density at radius 1 is 1.32 bits per heavy atom. The van der Waals surface area contributed by atoms with E-state index in [0.29, 0.717) is 16.5 Å². The quantitative estimate of drug-likeness (QED) is 0.491. The third-order valence-electron chi connectivity index (χ3n) is 5.73. The lowest BCUT2D eigenvalue weighted by molar-refractivity contribution is -0.126. The molecule has 10 heteroatoms. The summed E-state index contributed by atoms with van der Waals surface area (Å²) in [5, 5.41) is 3.10. The first kappa shape index (κ1) is 19.5. The van der Waals surface area contributed by atoms with Crippen LogP contribution in [0, 0.1) is 5.82 Å². The number of hydrogen-bond acceptors (Lipinski definition) is 6. The molecule has 1 fully saturated rings. The number of benzene rings is 1. The van der Waals surface area contributed by atoms with E-state index in [9.17, 15) is 18.8 Å². The Morgan fingerprint density at radius 2 is 2.13 bits per heavy atom. The molecule has 0 spiro atoms. The van der Waals surface area contributed by atoms with Gasteiger partial charge in [0.2, 0.25) is 11.8 Å². The number of amides is 3. The normalized spacial score (nSPS) is 20.5. The highest BCUT2D eigenvalue weighted by Crippen LogP contribution is 2.40. The van der Waals surface area contributed by atoms with E-state index < -0.39 is 29.0 Å². The van der Waals surface area contributed by atoms with E-state index in [1.807, 2.05) is 0 Å². The number of carbonyl (C=O) groups excluding carboxylic acids is 3. The van der Waals surface area contributed by atoms with Gasteiger partial charge in [0.25, 0.3) is 5.91 Å². The van der Waals surface area contributed by atoms with Crippen LogP contribution >= 0.6 is 11.6 Å². The Balaban J connectivity index is 1.56. The molecule has 4 heterocycles. The van der Waals surface area contributed by atoms with Crippen LogP contribution < -0.4 is 10.1 Å². The number of rotatable bonds is 4. The first-order chi connectivity index (χ1) is 14.8. The van der Waals surface area contributed by atoms with E-state index in [2.05, 4.69) is 10.3 Å². The van der Waals surface area contributed by atoms with Crippen LogP contribution in [0.1, 0.15) is 28.1 Å². The molecule has 5 rings (SSSR count). The van der Waals surface area contributed by atoms with Crippen LogP contribution in [0.3, 0.4) is 0 Å². The molecule has 3 aromatic rings. The van der Waals surface area contributed by atoms with Gasteiger partial charge in [0.05, 0.1) is 19.1 Å². The zero-order valence-corrected chi connectivity index (χ0v) is 17.0. The molecule has 31 heavy (non-hydrogen) atoms. The number of methoxy groups -OCH3 is 1. The van der Waals surface area contributed by atoms with Gasteiger partial charge in [-0.1, -0.05) is 17.7 Å². The number of nitrogens with zero attached hydrogens (tertiary/aromatic N) is 2. The zero-order chi connectivity index (χ0) is 21.9. The molecule has 1 saturated heterocycles. The Morgan fingerprint density at radius 3 is 2.84 bits per heavy atom. The van der Waals surface area contributed by atoms with E-state index in [4.69, 9.17) is 20.8 Å². The SMILES string of the molecule is COc1ccc2c(c1F)C(=O)N(C[C@@]1(c3cc4cnc(Cl)cc4o3)CC(=O)NC1=O)C2. The van der Waals surface area contributed by atoms with Gasteiger partial charge in [0, 0.05) is 30.7 Å². The van der Waals surface area contributed by atoms with Crippen LogP contribution in [-0.4, -0.2) is 41.3 Å². The highest BCUT2D eigenvalue weighted by Gasteiger charge is 2.53. The molecule has 2 aromatic heterocycles. The van der Waals surface area contributed by atoms with Crippen LogP contribution in [0.15, 0.2) is 34.9 Å². The minimum absolute atomic E-state index is 0.0425. The lowest BCUT2D eigenvalue weighted by Gasteiger charge is -2.28. The lowest BCUT2D eigenvalue weighted by atomic mass is 9.82. The Labute approximate surface area is 179 Å². The van der Waals surface area contributed by atoms with Crippen LogP contribution in [0.4, 0.5) is 4.39 Å². The summed E-state index contributed by atoms with van der Waals surface area (Å²) in [5.41, 5.74) is -0.683. The van der Waals surface area contributed by atoms with E-state index in [0.717, 1.165) is 0 Å². The second-order valence-corrected chi connectivity index (χ2v) is 7.96. The summed E-state index contributed by atoms with van der Waals surface area (Å²) in [6.07, 6.45) is 1.28. The van der Waals surface area contributed by atoms with Gasteiger partial charge in [-0.3, -0.25) is 19.7 Å². The van der Waals surface area contributed by atoms with Crippen molar-refractivity contribution in [2.24, 2.45) is 0 Å². The number of imide groups is 1. The number of furan rings is 1. The molecule has 0 unspecified atom stereocenters.